The predicted molar refractivity (Wildman–Crippen MR) is 71.7 cm³/mol. The number of imidazole rings is 1. The molecule has 0 amide bonds. The first-order valence-corrected chi connectivity index (χ1v) is 6.20. The molecule has 0 saturated carbocycles. The molecule has 1 unspecified atom stereocenters. The Labute approximate surface area is 111 Å². The van der Waals surface area contributed by atoms with Gasteiger partial charge in [-0.05, 0) is 7.05 Å². The van der Waals surface area contributed by atoms with Crippen LogP contribution in [0.2, 0.25) is 0 Å². The zero-order valence-electron chi connectivity index (χ0n) is 11.0. The van der Waals surface area contributed by atoms with Gasteiger partial charge in [-0.15, -0.1) is 0 Å². The second-order valence-corrected chi connectivity index (χ2v) is 4.51. The lowest BCUT2D eigenvalue weighted by Gasteiger charge is -2.14. The molecule has 0 aliphatic rings. The SMILES string of the molecule is CNC(Cc1nccn1C)c1cnn2ccncc12. The van der Waals surface area contributed by atoms with E-state index in [0.29, 0.717) is 0 Å². The quantitative estimate of drug-likeness (QED) is 0.755. The van der Waals surface area contributed by atoms with Gasteiger partial charge in [0.1, 0.15) is 5.82 Å². The van der Waals surface area contributed by atoms with Crippen LogP contribution in [0.1, 0.15) is 17.4 Å². The Morgan fingerprint density at radius 1 is 1.26 bits per heavy atom. The maximum absolute atomic E-state index is 4.37. The molecule has 0 spiro atoms. The van der Waals surface area contributed by atoms with Crippen molar-refractivity contribution in [2.24, 2.45) is 7.05 Å². The molecule has 0 saturated heterocycles. The molecule has 6 heteroatoms. The van der Waals surface area contributed by atoms with E-state index in [9.17, 15) is 0 Å². The van der Waals surface area contributed by atoms with Crippen molar-refractivity contribution in [2.75, 3.05) is 7.05 Å². The van der Waals surface area contributed by atoms with Gasteiger partial charge in [0, 0.05) is 49.9 Å². The number of fused-ring (bicyclic) bond motifs is 1. The van der Waals surface area contributed by atoms with Crippen LogP contribution in [0.25, 0.3) is 5.52 Å². The molecular weight excluding hydrogens is 240 g/mol. The minimum Gasteiger partial charge on any atom is -0.338 e. The van der Waals surface area contributed by atoms with Gasteiger partial charge in [-0.25, -0.2) is 9.50 Å². The zero-order chi connectivity index (χ0) is 13.2. The fraction of sp³-hybridized carbons (Fsp3) is 0.308. The molecule has 1 atom stereocenters. The number of hydrogen-bond acceptors (Lipinski definition) is 4. The number of aromatic nitrogens is 5. The summed E-state index contributed by atoms with van der Waals surface area (Å²) in [6, 6.07) is 0.169. The van der Waals surface area contributed by atoms with E-state index in [0.717, 1.165) is 23.3 Å². The van der Waals surface area contributed by atoms with E-state index < -0.39 is 0 Å². The third-order valence-electron chi connectivity index (χ3n) is 3.39. The summed E-state index contributed by atoms with van der Waals surface area (Å²) in [4.78, 5) is 8.54. The Morgan fingerprint density at radius 2 is 2.16 bits per heavy atom. The van der Waals surface area contributed by atoms with Gasteiger partial charge in [-0.1, -0.05) is 0 Å². The minimum atomic E-state index is 0.169. The van der Waals surface area contributed by atoms with Gasteiger partial charge in [0.25, 0.3) is 0 Å². The first-order valence-electron chi connectivity index (χ1n) is 6.20. The fourth-order valence-corrected chi connectivity index (χ4v) is 2.26. The number of hydrogen-bond donors (Lipinski definition) is 1. The van der Waals surface area contributed by atoms with Crippen LogP contribution in [-0.4, -0.2) is 31.2 Å². The Morgan fingerprint density at radius 3 is 2.89 bits per heavy atom. The smallest absolute Gasteiger partial charge is 0.110 e. The van der Waals surface area contributed by atoms with Crippen LogP contribution in [0.15, 0.2) is 37.2 Å². The molecule has 3 heterocycles. The lowest BCUT2D eigenvalue weighted by atomic mass is 10.1. The van der Waals surface area contributed by atoms with E-state index in [1.165, 1.54) is 0 Å². The average Bonchev–Trinajstić information content (AvgIpc) is 3.03. The highest BCUT2D eigenvalue weighted by molar-refractivity contribution is 5.53. The molecule has 3 aromatic rings. The molecule has 0 bridgehead atoms. The maximum Gasteiger partial charge on any atom is 0.110 e. The van der Waals surface area contributed by atoms with E-state index in [-0.39, 0.29) is 6.04 Å². The first-order chi connectivity index (χ1) is 9.29. The highest BCUT2D eigenvalue weighted by Crippen LogP contribution is 2.21. The summed E-state index contributed by atoms with van der Waals surface area (Å²) >= 11 is 0. The minimum absolute atomic E-state index is 0.169. The van der Waals surface area contributed by atoms with Gasteiger partial charge in [0.05, 0.1) is 17.9 Å². The highest BCUT2D eigenvalue weighted by Gasteiger charge is 2.17. The van der Waals surface area contributed by atoms with Crippen LogP contribution in [0.4, 0.5) is 0 Å². The molecule has 0 aliphatic heterocycles. The van der Waals surface area contributed by atoms with Crippen LogP contribution < -0.4 is 5.32 Å². The number of aryl methyl sites for hydroxylation is 1. The van der Waals surface area contributed by atoms with Gasteiger partial charge in [-0.3, -0.25) is 4.98 Å². The van der Waals surface area contributed by atoms with Crippen molar-refractivity contribution >= 4 is 5.52 Å². The Hall–Kier alpha value is -2.21. The van der Waals surface area contributed by atoms with Crippen molar-refractivity contribution in [3.05, 3.63) is 48.6 Å². The summed E-state index contributed by atoms with van der Waals surface area (Å²) in [6.45, 7) is 0. The number of rotatable bonds is 4. The molecule has 6 nitrogen and oxygen atoms in total. The van der Waals surface area contributed by atoms with Crippen LogP contribution in [0.3, 0.4) is 0 Å². The Balaban J connectivity index is 1.96. The van der Waals surface area contributed by atoms with Gasteiger partial charge >= 0.3 is 0 Å². The molecule has 0 aliphatic carbocycles. The monoisotopic (exact) mass is 256 g/mol. The number of nitrogens with zero attached hydrogens (tertiary/aromatic N) is 5. The second kappa shape index (κ2) is 4.81. The van der Waals surface area contributed by atoms with Crippen molar-refractivity contribution in [3.63, 3.8) is 0 Å². The topological polar surface area (TPSA) is 60.0 Å². The van der Waals surface area contributed by atoms with E-state index >= 15 is 0 Å². The highest BCUT2D eigenvalue weighted by atomic mass is 15.2. The zero-order valence-corrected chi connectivity index (χ0v) is 11.0. The van der Waals surface area contributed by atoms with E-state index in [1.807, 2.05) is 54.2 Å². The molecule has 0 fully saturated rings. The van der Waals surface area contributed by atoms with E-state index in [4.69, 9.17) is 0 Å². The molecule has 19 heavy (non-hydrogen) atoms. The molecule has 0 aromatic carbocycles. The van der Waals surface area contributed by atoms with Crippen LogP contribution >= 0.6 is 0 Å². The van der Waals surface area contributed by atoms with E-state index in [2.05, 4.69) is 20.4 Å². The van der Waals surface area contributed by atoms with Crippen molar-refractivity contribution in [3.8, 4) is 0 Å². The number of nitrogens with one attached hydrogen (secondary N) is 1. The van der Waals surface area contributed by atoms with Gasteiger partial charge < -0.3 is 9.88 Å². The third-order valence-corrected chi connectivity index (χ3v) is 3.39. The summed E-state index contributed by atoms with van der Waals surface area (Å²) in [6.07, 6.45) is 11.9. The standard InChI is InChI=1S/C13H16N6/c1-14-11(7-13-16-4-5-18(13)2)10-8-17-19-6-3-15-9-12(10)19/h3-6,8-9,11,14H,7H2,1-2H3. The third kappa shape index (κ3) is 2.10. The van der Waals surface area contributed by atoms with Gasteiger partial charge in [-0.2, -0.15) is 5.10 Å². The lowest BCUT2D eigenvalue weighted by molar-refractivity contribution is 0.567. The van der Waals surface area contributed by atoms with Gasteiger partial charge in [0.15, 0.2) is 0 Å². The summed E-state index contributed by atoms with van der Waals surface area (Å²) in [7, 11) is 3.96. The molecule has 0 radical (unpaired) electrons. The predicted octanol–water partition coefficient (Wildman–Crippen LogP) is 0.966. The van der Waals surface area contributed by atoms with E-state index in [1.54, 1.807) is 6.20 Å². The Kier molecular flexibility index (Phi) is 3.00. The summed E-state index contributed by atoms with van der Waals surface area (Å²) in [5, 5.41) is 7.68. The fourth-order valence-electron chi connectivity index (χ4n) is 2.26. The molecule has 98 valence electrons. The second-order valence-electron chi connectivity index (χ2n) is 4.51. The Bertz CT molecular complexity index is 683. The van der Waals surface area contributed by atoms with Crippen LogP contribution in [-0.2, 0) is 13.5 Å². The van der Waals surface area contributed by atoms with Crippen molar-refractivity contribution in [1.29, 1.82) is 0 Å². The summed E-state index contributed by atoms with van der Waals surface area (Å²) in [5.41, 5.74) is 2.16. The normalized spacial score (nSPS) is 12.9. The molecular formula is C13H16N6. The summed E-state index contributed by atoms with van der Waals surface area (Å²) < 4.78 is 3.87. The average molecular weight is 256 g/mol. The molecule has 3 rings (SSSR count). The van der Waals surface area contributed by atoms with Crippen molar-refractivity contribution < 1.29 is 0 Å². The van der Waals surface area contributed by atoms with Crippen LogP contribution in [0, 0.1) is 0 Å². The van der Waals surface area contributed by atoms with Gasteiger partial charge in [0.2, 0.25) is 0 Å². The largest absolute Gasteiger partial charge is 0.338 e. The summed E-state index contributed by atoms with van der Waals surface area (Å²) in [5.74, 6) is 1.04. The van der Waals surface area contributed by atoms with Crippen molar-refractivity contribution in [1.82, 2.24) is 29.5 Å². The number of likely N-dealkylation sites (N-methyl/N-ethyl adjacent to an activating group) is 1. The molecule has 3 aromatic heterocycles. The lowest BCUT2D eigenvalue weighted by Crippen LogP contribution is -2.20. The van der Waals surface area contributed by atoms with Crippen LogP contribution in [0.5, 0.6) is 0 Å². The first kappa shape index (κ1) is 11.9. The molecule has 1 N–H and O–H groups in total. The maximum atomic E-state index is 4.37. The van der Waals surface area contributed by atoms with Crippen molar-refractivity contribution in [2.45, 2.75) is 12.5 Å².